The molecule has 0 radical (unpaired) electrons. The number of nitrogens with one attached hydrogen (secondary N) is 1. The van der Waals surface area contributed by atoms with E-state index in [1.807, 2.05) is 0 Å². The third-order valence-corrected chi connectivity index (χ3v) is 3.60. The van der Waals surface area contributed by atoms with Gasteiger partial charge in [0.05, 0.1) is 6.54 Å². The average Bonchev–Trinajstić information content (AvgIpc) is 2.48. The first kappa shape index (κ1) is 14.7. The van der Waals surface area contributed by atoms with Crippen LogP contribution in [0.4, 0.5) is 4.39 Å². The summed E-state index contributed by atoms with van der Waals surface area (Å²) in [5.41, 5.74) is 0.513. The summed E-state index contributed by atoms with van der Waals surface area (Å²) in [5, 5.41) is 2.83. The van der Waals surface area contributed by atoms with Crippen LogP contribution < -0.4 is 5.32 Å². The Morgan fingerprint density at radius 1 is 1.35 bits per heavy atom. The summed E-state index contributed by atoms with van der Waals surface area (Å²) in [6.45, 7) is 1.45. The molecule has 1 fully saturated rings. The molecule has 0 aliphatic carbocycles. The molecular formula is C15H19FN2O2. The zero-order valence-electron chi connectivity index (χ0n) is 11.6. The topological polar surface area (TPSA) is 49.4 Å². The van der Waals surface area contributed by atoms with Crippen molar-refractivity contribution in [1.29, 1.82) is 0 Å². The molecule has 1 aliphatic rings. The van der Waals surface area contributed by atoms with Gasteiger partial charge < -0.3 is 10.2 Å². The number of likely N-dealkylation sites (tertiary alicyclic amines) is 1. The molecule has 0 bridgehead atoms. The van der Waals surface area contributed by atoms with Crippen molar-refractivity contribution < 1.29 is 14.0 Å². The fourth-order valence-corrected chi connectivity index (χ4v) is 2.53. The molecule has 1 aliphatic heterocycles. The predicted molar refractivity (Wildman–Crippen MR) is 74.0 cm³/mol. The van der Waals surface area contributed by atoms with Crippen molar-refractivity contribution in [3.63, 3.8) is 0 Å². The molecule has 20 heavy (non-hydrogen) atoms. The highest BCUT2D eigenvalue weighted by atomic mass is 19.1. The fourth-order valence-electron chi connectivity index (χ4n) is 2.53. The molecule has 1 atom stereocenters. The standard InChI is InChI=1S/C15H19FN2O2/c1-17-9-14(19)18-8-2-3-12(10-18)15(20)11-4-6-13(16)7-5-11/h4-7,12,17H,2-3,8-10H2,1H3. The number of hydrogen-bond acceptors (Lipinski definition) is 3. The summed E-state index contributed by atoms with van der Waals surface area (Å²) in [5.74, 6) is -0.526. The maximum Gasteiger partial charge on any atom is 0.236 e. The maximum absolute atomic E-state index is 12.9. The van der Waals surface area contributed by atoms with Crippen LogP contribution in [0.2, 0.25) is 0 Å². The van der Waals surface area contributed by atoms with Crippen LogP contribution in [0.5, 0.6) is 0 Å². The summed E-state index contributed by atoms with van der Waals surface area (Å²) in [7, 11) is 1.73. The molecule has 1 unspecified atom stereocenters. The Morgan fingerprint density at radius 2 is 2.05 bits per heavy atom. The first-order valence-electron chi connectivity index (χ1n) is 6.84. The predicted octanol–water partition coefficient (Wildman–Crippen LogP) is 1.47. The lowest BCUT2D eigenvalue weighted by Crippen LogP contribution is -2.45. The Morgan fingerprint density at radius 3 is 2.70 bits per heavy atom. The molecule has 1 aromatic rings. The van der Waals surface area contributed by atoms with Gasteiger partial charge in [0.25, 0.3) is 0 Å². The lowest BCUT2D eigenvalue weighted by atomic mass is 9.90. The smallest absolute Gasteiger partial charge is 0.236 e. The zero-order valence-corrected chi connectivity index (χ0v) is 11.6. The van der Waals surface area contributed by atoms with E-state index in [1.165, 1.54) is 24.3 Å². The molecule has 5 heteroatoms. The summed E-state index contributed by atoms with van der Waals surface area (Å²) in [4.78, 5) is 25.9. The van der Waals surface area contributed by atoms with Crippen LogP contribution in [0.15, 0.2) is 24.3 Å². The number of nitrogens with zero attached hydrogens (tertiary/aromatic N) is 1. The molecular weight excluding hydrogens is 259 g/mol. The molecule has 1 saturated heterocycles. The third kappa shape index (κ3) is 3.42. The van der Waals surface area contributed by atoms with E-state index in [0.717, 1.165) is 12.8 Å². The monoisotopic (exact) mass is 278 g/mol. The lowest BCUT2D eigenvalue weighted by Gasteiger charge is -2.32. The Labute approximate surface area is 118 Å². The molecule has 1 aromatic carbocycles. The average molecular weight is 278 g/mol. The Balaban J connectivity index is 2.03. The largest absolute Gasteiger partial charge is 0.341 e. The molecule has 0 spiro atoms. The van der Waals surface area contributed by atoms with Gasteiger partial charge in [0.2, 0.25) is 5.91 Å². The highest BCUT2D eigenvalue weighted by molar-refractivity contribution is 5.98. The van der Waals surface area contributed by atoms with E-state index in [-0.39, 0.29) is 30.0 Å². The van der Waals surface area contributed by atoms with Gasteiger partial charge in [0.15, 0.2) is 5.78 Å². The zero-order chi connectivity index (χ0) is 14.5. The minimum atomic E-state index is -0.351. The van der Waals surface area contributed by atoms with E-state index in [4.69, 9.17) is 0 Å². The fraction of sp³-hybridized carbons (Fsp3) is 0.467. The Hall–Kier alpha value is -1.75. The second kappa shape index (κ2) is 6.61. The molecule has 0 aromatic heterocycles. The van der Waals surface area contributed by atoms with Gasteiger partial charge in [-0.3, -0.25) is 9.59 Å². The number of amides is 1. The minimum absolute atomic E-state index is 0.00745. The number of rotatable bonds is 4. The first-order valence-corrected chi connectivity index (χ1v) is 6.84. The second-order valence-electron chi connectivity index (χ2n) is 5.08. The van der Waals surface area contributed by atoms with E-state index in [1.54, 1.807) is 11.9 Å². The van der Waals surface area contributed by atoms with Gasteiger partial charge in [-0.15, -0.1) is 0 Å². The van der Waals surface area contributed by atoms with E-state index < -0.39 is 0 Å². The second-order valence-corrected chi connectivity index (χ2v) is 5.08. The number of carbonyl (C=O) groups is 2. The summed E-state index contributed by atoms with van der Waals surface area (Å²) >= 11 is 0. The van der Waals surface area contributed by atoms with Gasteiger partial charge in [-0.05, 0) is 44.2 Å². The third-order valence-electron chi connectivity index (χ3n) is 3.60. The summed E-state index contributed by atoms with van der Waals surface area (Å²) in [6.07, 6.45) is 1.60. The van der Waals surface area contributed by atoms with Crippen LogP contribution in [-0.2, 0) is 4.79 Å². The van der Waals surface area contributed by atoms with Gasteiger partial charge in [0.1, 0.15) is 5.82 Å². The minimum Gasteiger partial charge on any atom is -0.341 e. The van der Waals surface area contributed by atoms with E-state index >= 15 is 0 Å². The molecule has 4 nitrogen and oxygen atoms in total. The molecule has 1 amide bonds. The van der Waals surface area contributed by atoms with Crippen molar-refractivity contribution in [2.24, 2.45) is 5.92 Å². The van der Waals surface area contributed by atoms with Crippen molar-refractivity contribution in [1.82, 2.24) is 10.2 Å². The van der Waals surface area contributed by atoms with Crippen molar-refractivity contribution in [3.05, 3.63) is 35.6 Å². The van der Waals surface area contributed by atoms with Crippen LogP contribution in [-0.4, -0.2) is 43.3 Å². The highest BCUT2D eigenvalue weighted by Gasteiger charge is 2.28. The number of hydrogen-bond donors (Lipinski definition) is 1. The number of ketones is 1. The van der Waals surface area contributed by atoms with Crippen molar-refractivity contribution in [3.8, 4) is 0 Å². The molecule has 1 heterocycles. The number of benzene rings is 1. The quantitative estimate of drug-likeness (QED) is 0.848. The van der Waals surface area contributed by atoms with Crippen molar-refractivity contribution in [2.75, 3.05) is 26.7 Å². The lowest BCUT2D eigenvalue weighted by molar-refractivity contribution is -0.131. The molecule has 2 rings (SSSR count). The highest BCUT2D eigenvalue weighted by Crippen LogP contribution is 2.21. The van der Waals surface area contributed by atoms with Crippen molar-refractivity contribution >= 4 is 11.7 Å². The van der Waals surface area contributed by atoms with E-state index in [0.29, 0.717) is 18.7 Å². The summed E-state index contributed by atoms with van der Waals surface area (Å²) < 4.78 is 12.9. The van der Waals surface area contributed by atoms with Gasteiger partial charge in [-0.25, -0.2) is 4.39 Å². The number of halogens is 1. The maximum atomic E-state index is 12.9. The Bertz CT molecular complexity index is 487. The van der Waals surface area contributed by atoms with E-state index in [9.17, 15) is 14.0 Å². The number of Topliss-reactive ketones (excluding diaryl/α,β-unsaturated/α-hetero) is 1. The SMILES string of the molecule is CNCC(=O)N1CCCC(C(=O)c2ccc(F)cc2)C1. The van der Waals surface area contributed by atoms with Crippen LogP contribution in [0.25, 0.3) is 0 Å². The molecule has 1 N–H and O–H groups in total. The first-order chi connectivity index (χ1) is 9.61. The van der Waals surface area contributed by atoms with Gasteiger partial charge in [-0.1, -0.05) is 0 Å². The number of piperidine rings is 1. The number of likely N-dealkylation sites (N-methyl/N-ethyl adjacent to an activating group) is 1. The van der Waals surface area contributed by atoms with Gasteiger partial charge >= 0.3 is 0 Å². The Kier molecular flexibility index (Phi) is 4.84. The van der Waals surface area contributed by atoms with Crippen LogP contribution in [0.3, 0.4) is 0 Å². The van der Waals surface area contributed by atoms with Crippen LogP contribution in [0, 0.1) is 11.7 Å². The van der Waals surface area contributed by atoms with Gasteiger partial charge in [0, 0.05) is 24.6 Å². The summed E-state index contributed by atoms with van der Waals surface area (Å²) in [6, 6.07) is 5.60. The van der Waals surface area contributed by atoms with Crippen LogP contribution in [0.1, 0.15) is 23.2 Å². The van der Waals surface area contributed by atoms with E-state index in [2.05, 4.69) is 5.32 Å². The van der Waals surface area contributed by atoms with Crippen molar-refractivity contribution in [2.45, 2.75) is 12.8 Å². The van der Waals surface area contributed by atoms with Crippen LogP contribution >= 0.6 is 0 Å². The molecule has 108 valence electrons. The normalized spacial score (nSPS) is 18.9. The molecule has 0 saturated carbocycles. The number of carbonyl (C=O) groups excluding carboxylic acids is 2. The van der Waals surface area contributed by atoms with Gasteiger partial charge in [-0.2, -0.15) is 0 Å².